The largest absolute Gasteiger partial charge is 0.248 e. The molecule has 1 aromatic heterocycles. The van der Waals surface area contributed by atoms with Crippen molar-refractivity contribution in [3.05, 3.63) is 60.8 Å². The summed E-state index contributed by atoms with van der Waals surface area (Å²) in [4.78, 5) is 4.57. The van der Waals surface area contributed by atoms with E-state index in [1.54, 1.807) is 6.08 Å². The topological polar surface area (TPSA) is 12.9 Å². The molecule has 0 atom stereocenters. The van der Waals surface area contributed by atoms with Crippen molar-refractivity contribution in [2.45, 2.75) is 6.92 Å². The first-order valence-electron chi connectivity index (χ1n) is 4.90. The van der Waals surface area contributed by atoms with E-state index in [0.29, 0.717) is 0 Å². The van der Waals surface area contributed by atoms with Gasteiger partial charge in [-0.25, -0.2) is 4.98 Å². The zero-order valence-corrected chi connectivity index (χ0v) is 8.83. The summed E-state index contributed by atoms with van der Waals surface area (Å²) in [6, 6.07) is 10.2. The molecule has 0 unspecified atom stereocenters. The number of hydrogen-bond donors (Lipinski definition) is 0. The highest BCUT2D eigenvalue weighted by molar-refractivity contribution is 5.83. The predicted octanol–water partition coefficient (Wildman–Crippen LogP) is 3.74. The van der Waals surface area contributed by atoms with Crippen molar-refractivity contribution in [3.63, 3.8) is 0 Å². The lowest BCUT2D eigenvalue weighted by atomic mass is 10.1. The van der Waals surface area contributed by atoms with Crippen LogP contribution < -0.4 is 0 Å². The summed E-state index contributed by atoms with van der Waals surface area (Å²) in [5.41, 5.74) is 3.95. The monoisotopic (exact) mass is 195 g/mol. The summed E-state index contributed by atoms with van der Waals surface area (Å²) >= 11 is 0. The first-order chi connectivity index (χ1) is 7.22. The molecular weight excluding hydrogens is 182 g/mol. The molecule has 0 aliphatic rings. The molecule has 0 fully saturated rings. The minimum absolute atomic E-state index is 0.873. The van der Waals surface area contributed by atoms with Gasteiger partial charge in [-0.3, -0.25) is 0 Å². The van der Waals surface area contributed by atoms with E-state index < -0.39 is 0 Å². The summed E-state index contributed by atoms with van der Waals surface area (Å²) < 4.78 is 0. The van der Waals surface area contributed by atoms with Crippen LogP contribution in [-0.2, 0) is 0 Å². The summed E-state index contributed by atoms with van der Waals surface area (Å²) in [6.45, 7) is 9.69. The maximum absolute atomic E-state index is 4.57. The Morgan fingerprint density at radius 1 is 1.33 bits per heavy atom. The first kappa shape index (κ1) is 9.66. The Bertz CT molecular complexity index is 538. The number of allylic oxidation sites excluding steroid dienone is 2. The molecule has 0 N–H and O–H groups in total. The summed E-state index contributed by atoms with van der Waals surface area (Å²) in [7, 11) is 0. The Morgan fingerprint density at radius 3 is 2.80 bits per heavy atom. The predicted molar refractivity (Wildman–Crippen MR) is 65.7 cm³/mol. The Hall–Kier alpha value is -1.89. The second kappa shape index (κ2) is 3.70. The van der Waals surface area contributed by atoms with Crippen molar-refractivity contribution >= 4 is 16.5 Å². The van der Waals surface area contributed by atoms with Crippen molar-refractivity contribution < 1.29 is 0 Å². The van der Waals surface area contributed by atoms with Gasteiger partial charge in [0.05, 0.1) is 11.2 Å². The first-order valence-corrected chi connectivity index (χ1v) is 4.90. The highest BCUT2D eigenvalue weighted by Crippen LogP contribution is 2.21. The van der Waals surface area contributed by atoms with Gasteiger partial charge in [0.2, 0.25) is 0 Å². The van der Waals surface area contributed by atoms with E-state index in [2.05, 4.69) is 30.3 Å². The molecule has 1 aromatic carbocycles. The Kier molecular flexibility index (Phi) is 2.38. The van der Waals surface area contributed by atoms with Crippen molar-refractivity contribution in [1.82, 2.24) is 4.98 Å². The fourth-order valence-corrected chi connectivity index (χ4v) is 1.64. The molecular formula is C14H13N. The Labute approximate surface area is 89.8 Å². The van der Waals surface area contributed by atoms with Gasteiger partial charge in [-0.15, -0.1) is 0 Å². The minimum Gasteiger partial charge on any atom is -0.248 e. The van der Waals surface area contributed by atoms with Gasteiger partial charge in [0.1, 0.15) is 0 Å². The smallest absolute Gasteiger partial charge is 0.0732 e. The molecule has 1 heterocycles. The van der Waals surface area contributed by atoms with Crippen LogP contribution in [0.25, 0.3) is 16.5 Å². The zero-order chi connectivity index (χ0) is 10.8. The van der Waals surface area contributed by atoms with Gasteiger partial charge in [-0.2, -0.15) is 0 Å². The van der Waals surface area contributed by atoms with Crippen LogP contribution in [0.2, 0.25) is 0 Å². The third kappa shape index (κ3) is 1.68. The van der Waals surface area contributed by atoms with Gasteiger partial charge >= 0.3 is 0 Å². The minimum atomic E-state index is 0.873. The summed E-state index contributed by atoms with van der Waals surface area (Å²) in [5.74, 6) is 0. The van der Waals surface area contributed by atoms with Crippen LogP contribution in [0.4, 0.5) is 0 Å². The maximum Gasteiger partial charge on any atom is 0.0732 e. The lowest BCUT2D eigenvalue weighted by molar-refractivity contribution is 1.28. The number of para-hydroxylation sites is 1. The van der Waals surface area contributed by atoms with Crippen molar-refractivity contribution in [2.24, 2.45) is 0 Å². The number of fused-ring (bicyclic) bond motifs is 1. The Morgan fingerprint density at radius 2 is 2.07 bits per heavy atom. The molecule has 0 radical (unpaired) electrons. The van der Waals surface area contributed by atoms with Crippen LogP contribution in [-0.4, -0.2) is 4.98 Å². The molecule has 0 aliphatic carbocycles. The Balaban J connectivity index is 2.72. The molecule has 74 valence electrons. The molecule has 0 amide bonds. The van der Waals surface area contributed by atoms with E-state index in [1.807, 2.05) is 25.1 Å². The fraction of sp³-hybridized carbons (Fsp3) is 0.0714. The van der Waals surface area contributed by atoms with E-state index in [4.69, 9.17) is 0 Å². The van der Waals surface area contributed by atoms with Crippen LogP contribution in [0.5, 0.6) is 0 Å². The molecule has 1 heteroatoms. The van der Waals surface area contributed by atoms with E-state index in [1.165, 1.54) is 0 Å². The molecule has 2 rings (SSSR count). The number of hydrogen-bond acceptors (Lipinski definition) is 1. The number of pyridine rings is 1. The average molecular weight is 195 g/mol. The SMILES string of the molecule is C=CC(=C)c1nc2ccccc2cc1C. The zero-order valence-electron chi connectivity index (χ0n) is 8.83. The molecule has 0 bridgehead atoms. The lowest BCUT2D eigenvalue weighted by Crippen LogP contribution is -1.91. The molecule has 15 heavy (non-hydrogen) atoms. The normalized spacial score (nSPS) is 10.2. The highest BCUT2D eigenvalue weighted by Gasteiger charge is 2.03. The van der Waals surface area contributed by atoms with E-state index in [9.17, 15) is 0 Å². The van der Waals surface area contributed by atoms with Crippen LogP contribution in [0, 0.1) is 6.92 Å². The van der Waals surface area contributed by atoms with Crippen molar-refractivity contribution in [3.8, 4) is 0 Å². The van der Waals surface area contributed by atoms with E-state index in [-0.39, 0.29) is 0 Å². The highest BCUT2D eigenvalue weighted by atomic mass is 14.7. The molecule has 0 aliphatic heterocycles. The fourth-order valence-electron chi connectivity index (χ4n) is 1.64. The van der Waals surface area contributed by atoms with Crippen LogP contribution in [0.15, 0.2) is 49.6 Å². The average Bonchev–Trinajstić information content (AvgIpc) is 2.27. The lowest BCUT2D eigenvalue weighted by Gasteiger charge is -2.06. The number of rotatable bonds is 2. The standard InChI is InChI=1S/C14H13N/c1-4-10(2)14-11(3)9-12-7-5-6-8-13(12)15-14/h4-9H,1-2H2,3H3. The van der Waals surface area contributed by atoms with Crippen LogP contribution in [0.1, 0.15) is 11.3 Å². The molecule has 2 aromatic rings. The van der Waals surface area contributed by atoms with Gasteiger partial charge in [0, 0.05) is 5.39 Å². The van der Waals surface area contributed by atoms with Gasteiger partial charge in [-0.05, 0) is 30.2 Å². The number of benzene rings is 1. The van der Waals surface area contributed by atoms with Crippen LogP contribution >= 0.6 is 0 Å². The van der Waals surface area contributed by atoms with Crippen molar-refractivity contribution in [1.29, 1.82) is 0 Å². The molecule has 0 saturated carbocycles. The van der Waals surface area contributed by atoms with E-state index >= 15 is 0 Å². The van der Waals surface area contributed by atoms with Crippen LogP contribution in [0.3, 0.4) is 0 Å². The number of nitrogens with zero attached hydrogens (tertiary/aromatic N) is 1. The molecule has 0 spiro atoms. The summed E-state index contributed by atoms with van der Waals surface area (Å²) in [6.07, 6.45) is 1.74. The van der Waals surface area contributed by atoms with Gasteiger partial charge in [0.25, 0.3) is 0 Å². The maximum atomic E-state index is 4.57. The molecule has 0 saturated heterocycles. The molecule has 1 nitrogen and oxygen atoms in total. The second-order valence-corrected chi connectivity index (χ2v) is 3.58. The van der Waals surface area contributed by atoms with Gasteiger partial charge in [0.15, 0.2) is 0 Å². The quantitative estimate of drug-likeness (QED) is 0.665. The third-order valence-corrected chi connectivity index (χ3v) is 2.47. The number of aryl methyl sites for hydroxylation is 1. The third-order valence-electron chi connectivity index (χ3n) is 2.47. The number of aromatic nitrogens is 1. The van der Waals surface area contributed by atoms with Crippen molar-refractivity contribution in [2.75, 3.05) is 0 Å². The van der Waals surface area contributed by atoms with Gasteiger partial charge < -0.3 is 0 Å². The van der Waals surface area contributed by atoms with Gasteiger partial charge in [-0.1, -0.05) is 37.4 Å². The summed E-state index contributed by atoms with van der Waals surface area (Å²) in [5, 5.41) is 1.16. The second-order valence-electron chi connectivity index (χ2n) is 3.58. The van der Waals surface area contributed by atoms with E-state index in [0.717, 1.165) is 27.7 Å².